The fourth-order valence-corrected chi connectivity index (χ4v) is 2.10. The monoisotopic (exact) mass is 216 g/mol. The number of rotatable bonds is 4. The number of hydrogen-bond donors (Lipinski definition) is 0. The van der Waals surface area contributed by atoms with E-state index in [9.17, 15) is 0 Å². The second-order valence-electron chi connectivity index (χ2n) is 4.43. The standard InChI is InChI=1S/C15H20O/c1-2-7-14(8-3-1)9-4-5-10-15-11-6-12-16-13-15/h1-3,5,7-8,10,15H,4,6,9,11-13H2/b10-5+/t15-/m0/s1. The summed E-state index contributed by atoms with van der Waals surface area (Å²) >= 11 is 0. The Kier molecular flexibility index (Phi) is 4.63. The number of benzene rings is 1. The summed E-state index contributed by atoms with van der Waals surface area (Å²) in [5.41, 5.74) is 1.42. The number of ether oxygens (including phenoxy) is 1. The van der Waals surface area contributed by atoms with Gasteiger partial charge in [0.2, 0.25) is 0 Å². The van der Waals surface area contributed by atoms with Gasteiger partial charge in [-0.15, -0.1) is 0 Å². The summed E-state index contributed by atoms with van der Waals surface area (Å²) in [7, 11) is 0. The minimum Gasteiger partial charge on any atom is -0.381 e. The molecule has 16 heavy (non-hydrogen) atoms. The third kappa shape index (κ3) is 3.82. The number of allylic oxidation sites excluding steroid dienone is 1. The summed E-state index contributed by atoms with van der Waals surface area (Å²) in [5, 5.41) is 0. The van der Waals surface area contributed by atoms with E-state index in [-0.39, 0.29) is 0 Å². The SMILES string of the molecule is C(=C\[C@H]1CCCOC1)/CCc1ccccc1. The molecule has 0 radical (unpaired) electrons. The van der Waals surface area contributed by atoms with E-state index < -0.39 is 0 Å². The topological polar surface area (TPSA) is 9.23 Å². The van der Waals surface area contributed by atoms with Gasteiger partial charge in [-0.1, -0.05) is 42.5 Å². The number of hydrogen-bond acceptors (Lipinski definition) is 1. The minimum absolute atomic E-state index is 0.657. The molecular formula is C15H20O. The van der Waals surface area contributed by atoms with Gasteiger partial charge in [0.25, 0.3) is 0 Å². The summed E-state index contributed by atoms with van der Waals surface area (Å²) in [5.74, 6) is 0.657. The average Bonchev–Trinajstić information content (AvgIpc) is 2.37. The molecule has 1 aliphatic rings. The molecule has 0 bridgehead atoms. The lowest BCUT2D eigenvalue weighted by atomic mass is 10.0. The molecule has 1 aliphatic heterocycles. The molecule has 86 valence electrons. The van der Waals surface area contributed by atoms with Crippen LogP contribution in [0.2, 0.25) is 0 Å². The molecule has 0 saturated carbocycles. The van der Waals surface area contributed by atoms with Crippen LogP contribution in [0.25, 0.3) is 0 Å². The van der Waals surface area contributed by atoms with Crippen molar-refractivity contribution < 1.29 is 4.74 Å². The lowest BCUT2D eigenvalue weighted by Crippen LogP contribution is -2.14. The van der Waals surface area contributed by atoms with Gasteiger partial charge in [-0.2, -0.15) is 0 Å². The van der Waals surface area contributed by atoms with Crippen molar-refractivity contribution in [3.8, 4) is 0 Å². The first-order valence-electron chi connectivity index (χ1n) is 6.23. The van der Waals surface area contributed by atoms with Gasteiger partial charge in [-0.3, -0.25) is 0 Å². The van der Waals surface area contributed by atoms with Crippen LogP contribution in [0.5, 0.6) is 0 Å². The lowest BCUT2D eigenvalue weighted by molar-refractivity contribution is 0.0709. The molecule has 0 N–H and O–H groups in total. The third-order valence-corrected chi connectivity index (χ3v) is 3.05. The average molecular weight is 216 g/mol. The molecule has 0 aromatic heterocycles. The van der Waals surface area contributed by atoms with Crippen LogP contribution in [-0.2, 0) is 11.2 Å². The van der Waals surface area contributed by atoms with Crippen LogP contribution < -0.4 is 0 Å². The van der Waals surface area contributed by atoms with Crippen molar-refractivity contribution in [3.63, 3.8) is 0 Å². The van der Waals surface area contributed by atoms with E-state index in [0.717, 1.165) is 26.1 Å². The fourth-order valence-electron chi connectivity index (χ4n) is 2.10. The summed E-state index contributed by atoms with van der Waals surface area (Å²) in [6.45, 7) is 1.87. The van der Waals surface area contributed by atoms with Gasteiger partial charge in [-0.25, -0.2) is 0 Å². The van der Waals surface area contributed by atoms with Crippen molar-refractivity contribution in [2.24, 2.45) is 5.92 Å². The molecule has 1 aromatic rings. The zero-order chi connectivity index (χ0) is 11.1. The molecular weight excluding hydrogens is 196 g/mol. The molecule has 1 aromatic carbocycles. The van der Waals surface area contributed by atoms with Crippen LogP contribution in [0.15, 0.2) is 42.5 Å². The zero-order valence-electron chi connectivity index (χ0n) is 9.77. The second kappa shape index (κ2) is 6.49. The maximum Gasteiger partial charge on any atom is 0.0528 e. The highest BCUT2D eigenvalue weighted by atomic mass is 16.5. The molecule has 0 aliphatic carbocycles. The normalized spacial score (nSPS) is 21.4. The van der Waals surface area contributed by atoms with Crippen LogP contribution in [0.1, 0.15) is 24.8 Å². The molecule has 1 fully saturated rings. The number of aryl methyl sites for hydroxylation is 1. The van der Waals surface area contributed by atoms with Crippen LogP contribution in [0, 0.1) is 5.92 Å². The van der Waals surface area contributed by atoms with E-state index in [1.165, 1.54) is 18.4 Å². The van der Waals surface area contributed by atoms with Crippen molar-refractivity contribution in [1.29, 1.82) is 0 Å². The Labute approximate surface area is 98.1 Å². The van der Waals surface area contributed by atoms with Crippen molar-refractivity contribution in [1.82, 2.24) is 0 Å². The van der Waals surface area contributed by atoms with Crippen LogP contribution in [-0.4, -0.2) is 13.2 Å². The summed E-state index contributed by atoms with van der Waals surface area (Å²) in [6, 6.07) is 10.7. The maximum absolute atomic E-state index is 5.45. The predicted octanol–water partition coefficient (Wildman–Crippen LogP) is 3.60. The van der Waals surface area contributed by atoms with Crippen LogP contribution in [0.3, 0.4) is 0 Å². The Morgan fingerprint density at radius 1 is 1.25 bits per heavy atom. The maximum atomic E-state index is 5.45. The van der Waals surface area contributed by atoms with Crippen LogP contribution >= 0.6 is 0 Å². The van der Waals surface area contributed by atoms with E-state index >= 15 is 0 Å². The molecule has 1 heteroatoms. The summed E-state index contributed by atoms with van der Waals surface area (Å²) in [6.07, 6.45) is 9.44. The Hall–Kier alpha value is -1.08. The zero-order valence-corrected chi connectivity index (χ0v) is 9.77. The molecule has 0 unspecified atom stereocenters. The van der Waals surface area contributed by atoms with Gasteiger partial charge < -0.3 is 4.74 Å². The molecule has 1 atom stereocenters. The van der Waals surface area contributed by atoms with Crippen molar-refractivity contribution in [2.75, 3.05) is 13.2 Å². The van der Waals surface area contributed by atoms with Gasteiger partial charge in [0.05, 0.1) is 6.61 Å². The molecule has 2 rings (SSSR count). The van der Waals surface area contributed by atoms with Gasteiger partial charge in [0, 0.05) is 12.5 Å². The Morgan fingerprint density at radius 2 is 2.12 bits per heavy atom. The van der Waals surface area contributed by atoms with E-state index in [1.54, 1.807) is 0 Å². The molecule has 0 amide bonds. The smallest absolute Gasteiger partial charge is 0.0528 e. The highest BCUT2D eigenvalue weighted by molar-refractivity contribution is 5.15. The summed E-state index contributed by atoms with van der Waals surface area (Å²) < 4.78 is 5.45. The van der Waals surface area contributed by atoms with E-state index in [4.69, 9.17) is 4.74 Å². The lowest BCUT2D eigenvalue weighted by Gasteiger charge is -2.18. The van der Waals surface area contributed by atoms with Gasteiger partial charge >= 0.3 is 0 Å². The van der Waals surface area contributed by atoms with E-state index in [0.29, 0.717) is 5.92 Å². The first kappa shape index (κ1) is 11.4. The van der Waals surface area contributed by atoms with Gasteiger partial charge in [-0.05, 0) is 31.2 Å². The first-order chi connectivity index (χ1) is 7.95. The molecule has 1 heterocycles. The Morgan fingerprint density at radius 3 is 2.88 bits per heavy atom. The molecule has 0 spiro atoms. The van der Waals surface area contributed by atoms with Crippen molar-refractivity contribution in [2.45, 2.75) is 25.7 Å². The first-order valence-corrected chi connectivity index (χ1v) is 6.23. The molecule has 1 saturated heterocycles. The van der Waals surface area contributed by atoms with Gasteiger partial charge in [0.1, 0.15) is 0 Å². The second-order valence-corrected chi connectivity index (χ2v) is 4.43. The highest BCUT2D eigenvalue weighted by Crippen LogP contribution is 2.15. The van der Waals surface area contributed by atoms with Crippen LogP contribution in [0.4, 0.5) is 0 Å². The molecule has 1 nitrogen and oxygen atoms in total. The van der Waals surface area contributed by atoms with Crippen molar-refractivity contribution in [3.05, 3.63) is 48.0 Å². The largest absolute Gasteiger partial charge is 0.381 e. The Balaban J connectivity index is 1.69. The third-order valence-electron chi connectivity index (χ3n) is 3.05. The van der Waals surface area contributed by atoms with Gasteiger partial charge in [0.15, 0.2) is 0 Å². The minimum atomic E-state index is 0.657. The van der Waals surface area contributed by atoms with E-state index in [1.807, 2.05) is 0 Å². The van der Waals surface area contributed by atoms with E-state index in [2.05, 4.69) is 42.5 Å². The predicted molar refractivity (Wildman–Crippen MR) is 67.4 cm³/mol. The Bertz CT molecular complexity index is 309. The summed E-state index contributed by atoms with van der Waals surface area (Å²) in [4.78, 5) is 0. The fraction of sp³-hybridized carbons (Fsp3) is 0.467. The highest BCUT2D eigenvalue weighted by Gasteiger charge is 2.09. The quantitative estimate of drug-likeness (QED) is 0.699. The van der Waals surface area contributed by atoms with Crippen molar-refractivity contribution >= 4 is 0 Å².